The molecule has 0 radical (unpaired) electrons. The van der Waals surface area contributed by atoms with Gasteiger partial charge in [0.1, 0.15) is 0 Å². The zero-order valence-corrected chi connectivity index (χ0v) is 12.9. The third kappa shape index (κ3) is 2.20. The minimum Gasteiger partial charge on any atom is -0.434 e. The van der Waals surface area contributed by atoms with Gasteiger partial charge in [0, 0.05) is 0 Å². The standard InChI is InChI=1S/C18H26O3/c1-2-3-6-20-18(19)21-10-14-8-13-9-15(14)17-12-5-4-11(7-12)16(13)17/h4-5,11-17H,2-3,6-10H2,1H3. The number of ether oxygens (including phenoxy) is 2. The lowest BCUT2D eigenvalue weighted by atomic mass is 9.69. The lowest BCUT2D eigenvalue weighted by Gasteiger charge is -2.36. The van der Waals surface area contributed by atoms with E-state index in [2.05, 4.69) is 19.1 Å². The van der Waals surface area contributed by atoms with Gasteiger partial charge in [0.05, 0.1) is 13.2 Å². The lowest BCUT2D eigenvalue weighted by molar-refractivity contribution is 0.0249. The van der Waals surface area contributed by atoms with Crippen molar-refractivity contribution >= 4 is 6.16 Å². The maximum Gasteiger partial charge on any atom is 0.508 e. The molecule has 0 aromatic rings. The Balaban J connectivity index is 1.29. The van der Waals surface area contributed by atoms with E-state index in [-0.39, 0.29) is 0 Å². The molecule has 0 aromatic carbocycles. The predicted octanol–water partition coefficient (Wildman–Crippen LogP) is 4.03. The summed E-state index contributed by atoms with van der Waals surface area (Å²) >= 11 is 0. The number of unbranched alkanes of at least 4 members (excludes halogenated alkanes) is 1. The molecule has 21 heavy (non-hydrogen) atoms. The first-order valence-electron chi connectivity index (χ1n) is 8.75. The van der Waals surface area contributed by atoms with Crippen LogP contribution in [0.25, 0.3) is 0 Å². The molecule has 4 rings (SSSR count). The highest BCUT2D eigenvalue weighted by Gasteiger charge is 2.60. The Morgan fingerprint density at radius 2 is 1.90 bits per heavy atom. The third-order valence-corrected chi connectivity index (χ3v) is 6.54. The van der Waals surface area contributed by atoms with Crippen LogP contribution in [0.15, 0.2) is 12.2 Å². The van der Waals surface area contributed by atoms with Crippen LogP contribution in [-0.4, -0.2) is 19.4 Å². The molecule has 0 saturated heterocycles. The summed E-state index contributed by atoms with van der Waals surface area (Å²) in [5.74, 6) is 5.82. The Kier molecular flexibility index (Phi) is 3.47. The van der Waals surface area contributed by atoms with Crippen LogP contribution in [0.5, 0.6) is 0 Å². The van der Waals surface area contributed by atoms with Crippen LogP contribution in [0.3, 0.4) is 0 Å². The highest BCUT2D eigenvalue weighted by Crippen LogP contribution is 2.66. The molecule has 4 aliphatic carbocycles. The minimum atomic E-state index is -0.462. The van der Waals surface area contributed by atoms with Crippen LogP contribution in [0, 0.1) is 41.4 Å². The Labute approximate surface area is 127 Å². The van der Waals surface area contributed by atoms with Gasteiger partial charge >= 0.3 is 6.16 Å². The van der Waals surface area contributed by atoms with Crippen molar-refractivity contribution in [1.82, 2.24) is 0 Å². The molecule has 4 bridgehead atoms. The van der Waals surface area contributed by atoms with E-state index in [4.69, 9.17) is 9.47 Å². The van der Waals surface area contributed by atoms with Gasteiger partial charge in [-0.2, -0.15) is 0 Å². The summed E-state index contributed by atoms with van der Waals surface area (Å²) in [5.41, 5.74) is 0. The molecule has 0 amide bonds. The maximum absolute atomic E-state index is 11.6. The number of hydrogen-bond donors (Lipinski definition) is 0. The zero-order chi connectivity index (χ0) is 14.4. The summed E-state index contributed by atoms with van der Waals surface area (Å²) in [5, 5.41) is 0. The molecule has 0 aliphatic heterocycles. The Morgan fingerprint density at radius 3 is 2.71 bits per heavy atom. The van der Waals surface area contributed by atoms with Crippen LogP contribution in [0.2, 0.25) is 0 Å². The molecular weight excluding hydrogens is 264 g/mol. The molecule has 7 atom stereocenters. The van der Waals surface area contributed by atoms with Crippen LogP contribution < -0.4 is 0 Å². The van der Waals surface area contributed by atoms with Gasteiger partial charge in [-0.25, -0.2) is 4.79 Å². The smallest absolute Gasteiger partial charge is 0.434 e. The molecule has 4 aliphatic rings. The average molecular weight is 290 g/mol. The van der Waals surface area contributed by atoms with Crippen molar-refractivity contribution in [3.8, 4) is 0 Å². The van der Waals surface area contributed by atoms with Crippen molar-refractivity contribution in [2.24, 2.45) is 41.4 Å². The van der Waals surface area contributed by atoms with Gasteiger partial charge in [0.25, 0.3) is 0 Å². The second-order valence-electron chi connectivity index (χ2n) is 7.52. The van der Waals surface area contributed by atoms with Crippen LogP contribution >= 0.6 is 0 Å². The van der Waals surface area contributed by atoms with Gasteiger partial charge < -0.3 is 9.47 Å². The largest absolute Gasteiger partial charge is 0.508 e. The number of hydrogen-bond acceptors (Lipinski definition) is 3. The molecule has 0 heterocycles. The van der Waals surface area contributed by atoms with Gasteiger partial charge in [-0.05, 0) is 67.1 Å². The van der Waals surface area contributed by atoms with Crippen LogP contribution in [0.1, 0.15) is 39.0 Å². The van der Waals surface area contributed by atoms with Crippen molar-refractivity contribution in [3.05, 3.63) is 12.2 Å². The molecule has 3 fully saturated rings. The second kappa shape index (κ2) is 5.33. The first kappa shape index (κ1) is 13.7. The van der Waals surface area contributed by atoms with Crippen molar-refractivity contribution < 1.29 is 14.3 Å². The van der Waals surface area contributed by atoms with Crippen LogP contribution in [-0.2, 0) is 9.47 Å². The van der Waals surface area contributed by atoms with E-state index in [1.807, 2.05) is 0 Å². The topological polar surface area (TPSA) is 35.5 Å². The molecule has 0 N–H and O–H groups in total. The number of fused-ring (bicyclic) bond motifs is 9. The Bertz CT molecular complexity index is 444. The number of carbonyl (C=O) groups excluding carboxylic acids is 1. The number of allylic oxidation sites excluding steroid dienone is 2. The molecule has 3 heteroatoms. The summed E-state index contributed by atoms with van der Waals surface area (Å²) in [6.45, 7) is 3.16. The van der Waals surface area contributed by atoms with Gasteiger partial charge in [-0.15, -0.1) is 0 Å². The van der Waals surface area contributed by atoms with Crippen molar-refractivity contribution in [1.29, 1.82) is 0 Å². The van der Waals surface area contributed by atoms with Crippen molar-refractivity contribution in [2.75, 3.05) is 13.2 Å². The second-order valence-corrected chi connectivity index (χ2v) is 7.52. The summed E-state index contributed by atoms with van der Waals surface area (Å²) in [7, 11) is 0. The Morgan fingerprint density at radius 1 is 1.10 bits per heavy atom. The highest BCUT2D eigenvalue weighted by atomic mass is 16.7. The van der Waals surface area contributed by atoms with E-state index in [0.717, 1.165) is 48.3 Å². The van der Waals surface area contributed by atoms with E-state index in [1.165, 1.54) is 19.3 Å². The van der Waals surface area contributed by atoms with E-state index >= 15 is 0 Å². The normalized spacial score (nSPS) is 45.1. The summed E-state index contributed by atoms with van der Waals surface area (Å²) < 4.78 is 10.5. The summed E-state index contributed by atoms with van der Waals surface area (Å²) in [4.78, 5) is 11.6. The third-order valence-electron chi connectivity index (χ3n) is 6.54. The molecule has 7 unspecified atom stereocenters. The van der Waals surface area contributed by atoms with E-state index in [1.54, 1.807) is 0 Å². The van der Waals surface area contributed by atoms with Gasteiger partial charge in [0.2, 0.25) is 0 Å². The van der Waals surface area contributed by atoms with E-state index in [9.17, 15) is 4.79 Å². The van der Waals surface area contributed by atoms with Crippen molar-refractivity contribution in [2.45, 2.75) is 39.0 Å². The minimum absolute atomic E-state index is 0.462. The SMILES string of the molecule is CCCCOC(=O)OCC1CC2CC1C1C3C=CC(C3)C21. The van der Waals surface area contributed by atoms with Crippen LogP contribution in [0.4, 0.5) is 4.79 Å². The van der Waals surface area contributed by atoms with Gasteiger partial charge in [-0.1, -0.05) is 25.5 Å². The zero-order valence-electron chi connectivity index (χ0n) is 12.9. The summed E-state index contributed by atoms with van der Waals surface area (Å²) in [6, 6.07) is 0. The lowest BCUT2D eigenvalue weighted by Crippen LogP contribution is -2.33. The van der Waals surface area contributed by atoms with Gasteiger partial charge in [0.15, 0.2) is 0 Å². The first-order chi connectivity index (χ1) is 10.3. The molecular formula is C18H26O3. The fraction of sp³-hybridized carbons (Fsp3) is 0.833. The monoisotopic (exact) mass is 290 g/mol. The molecule has 116 valence electrons. The van der Waals surface area contributed by atoms with E-state index < -0.39 is 6.16 Å². The van der Waals surface area contributed by atoms with Gasteiger partial charge in [-0.3, -0.25) is 0 Å². The quantitative estimate of drug-likeness (QED) is 0.332. The fourth-order valence-corrected chi connectivity index (χ4v) is 5.86. The van der Waals surface area contributed by atoms with E-state index in [0.29, 0.717) is 19.1 Å². The molecule has 3 saturated carbocycles. The molecule has 3 nitrogen and oxygen atoms in total. The highest BCUT2D eigenvalue weighted by molar-refractivity contribution is 5.59. The number of carbonyl (C=O) groups is 1. The molecule has 0 spiro atoms. The predicted molar refractivity (Wildman–Crippen MR) is 79.6 cm³/mol. The average Bonchev–Trinajstić information content (AvgIpc) is 3.23. The Hall–Kier alpha value is -0.990. The van der Waals surface area contributed by atoms with Crippen molar-refractivity contribution in [3.63, 3.8) is 0 Å². The molecule has 0 aromatic heterocycles. The maximum atomic E-state index is 11.6. The summed E-state index contributed by atoms with van der Waals surface area (Å²) in [6.07, 6.45) is 10.5. The fourth-order valence-electron chi connectivity index (χ4n) is 5.86. The number of rotatable bonds is 5. The first-order valence-corrected chi connectivity index (χ1v) is 8.75.